The molecule has 1 aliphatic rings. The predicted octanol–water partition coefficient (Wildman–Crippen LogP) is 1.80. The van der Waals surface area contributed by atoms with Gasteiger partial charge in [0.05, 0.1) is 0 Å². The number of hydrogen-bond acceptors (Lipinski definition) is 4. The molecule has 0 amide bonds. The minimum absolute atomic E-state index is 0.298. The minimum Gasteiger partial charge on any atom is -0.366 e. The van der Waals surface area contributed by atoms with E-state index >= 15 is 0 Å². The fourth-order valence-corrected chi connectivity index (χ4v) is 2.80. The van der Waals surface area contributed by atoms with Crippen LogP contribution in [-0.2, 0) is 0 Å². The number of H-pyrrole nitrogens is 1. The first kappa shape index (κ1) is 12.2. The molecule has 1 saturated carbocycles. The molecule has 0 unspecified atom stereocenters. The van der Waals surface area contributed by atoms with Crippen molar-refractivity contribution in [1.29, 1.82) is 0 Å². The number of aromatic amines is 1. The average molecular weight is 261 g/mol. The van der Waals surface area contributed by atoms with E-state index in [1.165, 1.54) is 36.6 Å². The van der Waals surface area contributed by atoms with Crippen LogP contribution < -0.4 is 11.0 Å². The van der Waals surface area contributed by atoms with Crippen LogP contribution in [0.25, 0.3) is 5.65 Å². The van der Waals surface area contributed by atoms with Gasteiger partial charge in [0.2, 0.25) is 0 Å². The van der Waals surface area contributed by atoms with Crippen molar-refractivity contribution in [2.45, 2.75) is 45.1 Å². The van der Waals surface area contributed by atoms with Crippen LogP contribution in [0, 0.1) is 5.92 Å². The highest BCUT2D eigenvalue weighted by Crippen LogP contribution is 2.27. The molecule has 2 aromatic rings. The van der Waals surface area contributed by atoms with Crippen molar-refractivity contribution in [3.63, 3.8) is 0 Å². The Hall–Kier alpha value is -1.85. The van der Waals surface area contributed by atoms with Crippen LogP contribution in [0.1, 0.15) is 39.0 Å². The molecule has 0 saturated heterocycles. The van der Waals surface area contributed by atoms with Crippen LogP contribution in [0.3, 0.4) is 0 Å². The van der Waals surface area contributed by atoms with E-state index < -0.39 is 0 Å². The third-order valence-corrected chi connectivity index (χ3v) is 4.05. The molecule has 0 atom stereocenters. The lowest BCUT2D eigenvalue weighted by atomic mass is 9.84. The molecule has 1 aliphatic carbocycles. The molecule has 0 aliphatic heterocycles. The summed E-state index contributed by atoms with van der Waals surface area (Å²) < 4.78 is 1.29. The van der Waals surface area contributed by atoms with Crippen molar-refractivity contribution < 1.29 is 0 Å². The van der Waals surface area contributed by atoms with Gasteiger partial charge in [0, 0.05) is 6.04 Å². The Morgan fingerprint density at radius 3 is 2.89 bits per heavy atom. The number of fused-ring (bicyclic) bond motifs is 1. The van der Waals surface area contributed by atoms with Crippen LogP contribution in [-0.4, -0.2) is 25.9 Å². The van der Waals surface area contributed by atoms with Crippen LogP contribution in [0.5, 0.6) is 0 Å². The first-order valence-corrected chi connectivity index (χ1v) is 6.97. The summed E-state index contributed by atoms with van der Waals surface area (Å²) in [5, 5.41) is 13.9. The molecule has 0 aromatic carbocycles. The van der Waals surface area contributed by atoms with Gasteiger partial charge in [-0.15, -0.1) is 5.10 Å². The Morgan fingerprint density at radius 1 is 1.37 bits per heavy atom. The standard InChI is InChI=1S/C13H19N5O/c1-2-9-3-5-10(6-4-9)14-11-7-8-12-15-16-13(19)18(12)17-11/h7-10H,2-6H2,1H3,(H,14,17)(H,16,19). The lowest BCUT2D eigenvalue weighted by Crippen LogP contribution is -2.27. The monoisotopic (exact) mass is 261 g/mol. The molecule has 6 heteroatoms. The summed E-state index contributed by atoms with van der Waals surface area (Å²) in [4.78, 5) is 11.5. The second-order valence-electron chi connectivity index (χ2n) is 5.29. The van der Waals surface area contributed by atoms with E-state index in [9.17, 15) is 4.79 Å². The lowest BCUT2D eigenvalue weighted by molar-refractivity contribution is 0.329. The van der Waals surface area contributed by atoms with E-state index in [1.807, 2.05) is 6.07 Å². The van der Waals surface area contributed by atoms with E-state index in [-0.39, 0.29) is 5.69 Å². The quantitative estimate of drug-likeness (QED) is 0.883. The average Bonchev–Trinajstić information content (AvgIpc) is 2.81. The topological polar surface area (TPSA) is 75.1 Å². The highest BCUT2D eigenvalue weighted by Gasteiger charge is 2.20. The molecule has 19 heavy (non-hydrogen) atoms. The third-order valence-electron chi connectivity index (χ3n) is 4.05. The van der Waals surface area contributed by atoms with E-state index in [4.69, 9.17) is 0 Å². The number of hydrogen-bond donors (Lipinski definition) is 2. The van der Waals surface area contributed by atoms with Gasteiger partial charge in [-0.25, -0.2) is 9.89 Å². The number of nitrogens with zero attached hydrogens (tertiary/aromatic N) is 3. The predicted molar refractivity (Wildman–Crippen MR) is 73.3 cm³/mol. The maximum absolute atomic E-state index is 11.5. The van der Waals surface area contributed by atoms with E-state index in [0.29, 0.717) is 11.7 Å². The summed E-state index contributed by atoms with van der Waals surface area (Å²) in [6.07, 6.45) is 6.20. The zero-order valence-electron chi connectivity index (χ0n) is 11.1. The fourth-order valence-electron chi connectivity index (χ4n) is 2.80. The van der Waals surface area contributed by atoms with E-state index in [0.717, 1.165) is 11.7 Å². The van der Waals surface area contributed by atoms with Crippen molar-refractivity contribution in [2.24, 2.45) is 5.92 Å². The zero-order valence-corrected chi connectivity index (χ0v) is 11.1. The Kier molecular flexibility index (Phi) is 3.23. The summed E-state index contributed by atoms with van der Waals surface area (Å²) in [5.41, 5.74) is 0.249. The second-order valence-corrected chi connectivity index (χ2v) is 5.29. The molecule has 3 rings (SSSR count). The van der Waals surface area contributed by atoms with Gasteiger partial charge in [-0.3, -0.25) is 0 Å². The van der Waals surface area contributed by atoms with Gasteiger partial charge in [0.25, 0.3) is 0 Å². The van der Waals surface area contributed by atoms with Gasteiger partial charge in [-0.2, -0.15) is 9.61 Å². The number of aromatic nitrogens is 4. The summed E-state index contributed by atoms with van der Waals surface area (Å²) in [5.74, 6) is 1.63. The van der Waals surface area contributed by atoms with Crippen molar-refractivity contribution in [3.8, 4) is 0 Å². The third kappa shape index (κ3) is 2.47. The summed E-state index contributed by atoms with van der Waals surface area (Å²) in [6, 6.07) is 4.14. The normalized spacial score (nSPS) is 23.6. The molecule has 6 nitrogen and oxygen atoms in total. The molecule has 2 aromatic heterocycles. The maximum Gasteiger partial charge on any atom is 0.364 e. The molecular weight excluding hydrogens is 242 g/mol. The minimum atomic E-state index is -0.298. The SMILES string of the molecule is CCC1CCC(Nc2ccc3n[nH]c(=O)n3n2)CC1. The molecule has 2 N–H and O–H groups in total. The van der Waals surface area contributed by atoms with Crippen LogP contribution >= 0.6 is 0 Å². The van der Waals surface area contributed by atoms with Crippen LogP contribution in [0.4, 0.5) is 5.82 Å². The maximum atomic E-state index is 11.5. The van der Waals surface area contributed by atoms with E-state index in [1.54, 1.807) is 6.07 Å². The van der Waals surface area contributed by atoms with Gasteiger partial charge in [0.1, 0.15) is 5.82 Å². The van der Waals surface area contributed by atoms with Crippen molar-refractivity contribution in [1.82, 2.24) is 19.8 Å². The molecule has 2 heterocycles. The van der Waals surface area contributed by atoms with Crippen LogP contribution in [0.2, 0.25) is 0 Å². The van der Waals surface area contributed by atoms with Gasteiger partial charge >= 0.3 is 5.69 Å². The number of nitrogens with one attached hydrogen (secondary N) is 2. The first-order chi connectivity index (χ1) is 9.26. The first-order valence-electron chi connectivity index (χ1n) is 6.97. The fraction of sp³-hybridized carbons (Fsp3) is 0.615. The summed E-state index contributed by atoms with van der Waals surface area (Å²) >= 11 is 0. The molecule has 1 fully saturated rings. The van der Waals surface area contributed by atoms with Crippen molar-refractivity contribution >= 4 is 11.5 Å². The van der Waals surface area contributed by atoms with E-state index in [2.05, 4.69) is 27.5 Å². The molecule has 0 radical (unpaired) electrons. The van der Waals surface area contributed by atoms with Crippen molar-refractivity contribution in [2.75, 3.05) is 5.32 Å². The van der Waals surface area contributed by atoms with Gasteiger partial charge in [0.15, 0.2) is 5.65 Å². The molecule has 0 bridgehead atoms. The number of anilines is 1. The molecule has 102 valence electrons. The van der Waals surface area contributed by atoms with Gasteiger partial charge in [-0.1, -0.05) is 13.3 Å². The Labute approximate surface area is 111 Å². The highest BCUT2D eigenvalue weighted by atomic mass is 16.2. The number of rotatable bonds is 3. The smallest absolute Gasteiger partial charge is 0.364 e. The largest absolute Gasteiger partial charge is 0.366 e. The molecular formula is C13H19N5O. The molecule has 0 spiro atoms. The van der Waals surface area contributed by atoms with Gasteiger partial charge in [-0.05, 0) is 43.7 Å². The summed E-state index contributed by atoms with van der Waals surface area (Å²) in [6.45, 7) is 2.26. The highest BCUT2D eigenvalue weighted by molar-refractivity contribution is 5.43. The Bertz CT molecular complexity index is 609. The zero-order chi connectivity index (χ0) is 13.2. The second kappa shape index (κ2) is 5.03. The Balaban J connectivity index is 1.71. The van der Waals surface area contributed by atoms with Crippen molar-refractivity contribution in [3.05, 3.63) is 22.6 Å². The summed E-state index contributed by atoms with van der Waals surface area (Å²) in [7, 11) is 0. The van der Waals surface area contributed by atoms with Gasteiger partial charge < -0.3 is 5.32 Å². The lowest BCUT2D eigenvalue weighted by Gasteiger charge is -2.28. The van der Waals surface area contributed by atoms with Crippen LogP contribution in [0.15, 0.2) is 16.9 Å². The Morgan fingerprint density at radius 2 is 2.16 bits per heavy atom.